The molecule has 0 bridgehead atoms. The average molecular weight is 454 g/mol. The zero-order valence-corrected chi connectivity index (χ0v) is 17.5. The lowest BCUT2D eigenvalue weighted by molar-refractivity contribution is 0.429. The molecular weight excluding hydrogens is 434 g/mol. The van der Waals surface area contributed by atoms with Crippen molar-refractivity contribution in [3.63, 3.8) is 0 Å². The van der Waals surface area contributed by atoms with Crippen LogP contribution in [-0.2, 0) is 20.1 Å². The Labute approximate surface area is 175 Å². The number of hydrogen-bond acceptors (Lipinski definition) is 4. The predicted octanol–water partition coefficient (Wildman–Crippen LogP) is 3.52. The van der Waals surface area contributed by atoms with Gasteiger partial charge in [-0.15, -0.1) is 5.10 Å². The molecule has 2 heterocycles. The Bertz CT molecular complexity index is 1280. The van der Waals surface area contributed by atoms with Gasteiger partial charge in [-0.25, -0.2) is 9.48 Å². The van der Waals surface area contributed by atoms with Crippen LogP contribution in [0, 0.1) is 5.92 Å². The van der Waals surface area contributed by atoms with E-state index < -0.39 is 0 Å². The average Bonchev–Trinajstić information content (AvgIpc) is 3.39. The summed E-state index contributed by atoms with van der Waals surface area (Å²) in [5.74, 6) is 0.670. The lowest BCUT2D eigenvalue weighted by atomic mass is 10.0. The van der Waals surface area contributed by atoms with Crippen molar-refractivity contribution < 1.29 is 5.11 Å². The Kier molecular flexibility index (Phi) is 4.31. The summed E-state index contributed by atoms with van der Waals surface area (Å²) < 4.78 is 5.64. The maximum atomic E-state index is 12.2. The van der Waals surface area contributed by atoms with E-state index in [9.17, 15) is 9.90 Å². The summed E-state index contributed by atoms with van der Waals surface area (Å²) in [5.41, 5.74) is 4.75. The van der Waals surface area contributed by atoms with E-state index in [1.54, 1.807) is 7.05 Å². The van der Waals surface area contributed by atoms with E-state index >= 15 is 0 Å². The molecule has 5 rings (SSSR count). The smallest absolute Gasteiger partial charge is 0.331 e. The monoisotopic (exact) mass is 453 g/mol. The van der Waals surface area contributed by atoms with Crippen molar-refractivity contribution in [2.75, 3.05) is 0 Å². The number of aromatic hydroxyl groups is 1. The van der Waals surface area contributed by atoms with Crippen LogP contribution in [0.15, 0.2) is 51.9 Å². The van der Waals surface area contributed by atoms with Crippen molar-refractivity contribution in [3.8, 4) is 17.0 Å². The molecule has 0 aliphatic heterocycles. The number of rotatable bonds is 5. The van der Waals surface area contributed by atoms with Crippen LogP contribution in [0.2, 0.25) is 0 Å². The van der Waals surface area contributed by atoms with Crippen LogP contribution < -0.4 is 5.69 Å². The molecule has 4 aromatic rings. The van der Waals surface area contributed by atoms with Gasteiger partial charge in [0.05, 0.1) is 18.3 Å². The van der Waals surface area contributed by atoms with Crippen molar-refractivity contribution in [3.05, 3.63) is 63.1 Å². The van der Waals surface area contributed by atoms with Gasteiger partial charge in [0.2, 0.25) is 5.88 Å². The second kappa shape index (κ2) is 6.88. The summed E-state index contributed by atoms with van der Waals surface area (Å²) in [7, 11) is 1.55. The molecule has 1 aliphatic carbocycles. The lowest BCUT2D eigenvalue weighted by Crippen LogP contribution is -2.22. The number of benzene rings is 2. The summed E-state index contributed by atoms with van der Waals surface area (Å²) >= 11 is 3.64. The third-order valence-electron chi connectivity index (χ3n) is 5.46. The zero-order valence-electron chi connectivity index (χ0n) is 15.9. The van der Waals surface area contributed by atoms with Crippen molar-refractivity contribution in [2.45, 2.75) is 25.9 Å². The van der Waals surface area contributed by atoms with Crippen LogP contribution in [0.3, 0.4) is 0 Å². The molecule has 1 N–H and O–H groups in total. The van der Waals surface area contributed by atoms with Gasteiger partial charge in [-0.05, 0) is 69.6 Å². The maximum absolute atomic E-state index is 12.2. The number of imidazole rings is 1. The predicted molar refractivity (Wildman–Crippen MR) is 114 cm³/mol. The number of fused-ring (bicyclic) bond motifs is 1. The van der Waals surface area contributed by atoms with Crippen molar-refractivity contribution >= 4 is 27.0 Å². The molecule has 0 atom stereocenters. The van der Waals surface area contributed by atoms with Gasteiger partial charge < -0.3 is 5.11 Å². The maximum Gasteiger partial charge on any atom is 0.331 e. The van der Waals surface area contributed by atoms with Gasteiger partial charge in [0.15, 0.2) is 0 Å². The Morgan fingerprint density at radius 1 is 1.21 bits per heavy atom. The van der Waals surface area contributed by atoms with Crippen molar-refractivity contribution in [2.24, 2.45) is 13.0 Å². The van der Waals surface area contributed by atoms with E-state index in [1.165, 1.54) is 28.2 Å². The van der Waals surface area contributed by atoms with Crippen LogP contribution in [-0.4, -0.2) is 29.2 Å². The summed E-state index contributed by atoms with van der Waals surface area (Å²) in [5, 5.41) is 18.4. The van der Waals surface area contributed by atoms with Gasteiger partial charge in [0.25, 0.3) is 0 Å². The van der Waals surface area contributed by atoms with Crippen LogP contribution in [0.5, 0.6) is 5.88 Å². The standard InChI is InChI=1S/C21H20BrN5O2/c1-25-19(28)12-26(21(25)29)10-14-3-2-4-15(7-14)16-8-17(22)20-18(9-16)27(24-23-20)11-13-5-6-13/h2-4,7-9,12-13,28H,5-6,10-11H2,1H3. The normalized spacial score (nSPS) is 14.0. The highest BCUT2D eigenvalue weighted by Crippen LogP contribution is 2.34. The minimum absolute atomic E-state index is 0.0445. The number of hydrogen-bond donors (Lipinski definition) is 1. The molecule has 2 aromatic carbocycles. The van der Waals surface area contributed by atoms with Crippen LogP contribution in [0.1, 0.15) is 18.4 Å². The molecule has 1 aliphatic rings. The van der Waals surface area contributed by atoms with E-state index in [0.29, 0.717) is 12.5 Å². The Morgan fingerprint density at radius 3 is 2.76 bits per heavy atom. The van der Waals surface area contributed by atoms with Gasteiger partial charge in [0, 0.05) is 18.1 Å². The highest BCUT2D eigenvalue weighted by molar-refractivity contribution is 9.10. The molecule has 0 unspecified atom stereocenters. The van der Waals surface area contributed by atoms with E-state index in [2.05, 4.69) is 50.5 Å². The first-order valence-electron chi connectivity index (χ1n) is 9.57. The number of nitrogens with zero attached hydrogens (tertiary/aromatic N) is 5. The van der Waals surface area contributed by atoms with E-state index in [1.807, 2.05) is 16.8 Å². The fraction of sp³-hybridized carbons (Fsp3) is 0.286. The second-order valence-corrected chi connectivity index (χ2v) is 8.55. The molecule has 1 fully saturated rings. The summed E-state index contributed by atoms with van der Waals surface area (Å²) in [6.45, 7) is 1.30. The quantitative estimate of drug-likeness (QED) is 0.501. The van der Waals surface area contributed by atoms with Crippen molar-refractivity contribution in [1.29, 1.82) is 0 Å². The highest BCUT2D eigenvalue weighted by atomic mass is 79.9. The fourth-order valence-corrected chi connectivity index (χ4v) is 4.13. The first-order chi connectivity index (χ1) is 14.0. The molecule has 0 spiro atoms. The topological polar surface area (TPSA) is 77.9 Å². The van der Waals surface area contributed by atoms with Gasteiger partial charge >= 0.3 is 5.69 Å². The zero-order chi connectivity index (χ0) is 20.1. The molecule has 0 saturated heterocycles. The SMILES string of the molecule is Cn1c(O)cn(Cc2cccc(-c3cc(Br)c4nnn(CC5CC5)c4c3)c2)c1=O. The van der Waals surface area contributed by atoms with Crippen LogP contribution >= 0.6 is 15.9 Å². The molecular formula is C21H20BrN5O2. The molecule has 1 saturated carbocycles. The molecule has 148 valence electrons. The number of halogens is 1. The minimum atomic E-state index is -0.243. The van der Waals surface area contributed by atoms with Gasteiger partial charge in [-0.1, -0.05) is 23.4 Å². The van der Waals surface area contributed by atoms with E-state index in [0.717, 1.165) is 38.7 Å². The third kappa shape index (κ3) is 3.37. The first kappa shape index (κ1) is 18.2. The molecule has 0 amide bonds. The second-order valence-electron chi connectivity index (χ2n) is 7.70. The first-order valence-corrected chi connectivity index (χ1v) is 10.4. The molecule has 8 heteroatoms. The third-order valence-corrected chi connectivity index (χ3v) is 6.07. The van der Waals surface area contributed by atoms with E-state index in [4.69, 9.17) is 0 Å². The summed E-state index contributed by atoms with van der Waals surface area (Å²) in [4.78, 5) is 12.2. The van der Waals surface area contributed by atoms with Crippen LogP contribution in [0.4, 0.5) is 0 Å². The van der Waals surface area contributed by atoms with Crippen molar-refractivity contribution in [1.82, 2.24) is 24.1 Å². The minimum Gasteiger partial charge on any atom is -0.493 e. The molecule has 2 aromatic heterocycles. The fourth-order valence-electron chi connectivity index (χ4n) is 3.60. The molecule has 0 radical (unpaired) electrons. The number of aromatic nitrogens is 5. The van der Waals surface area contributed by atoms with Gasteiger partial charge in [-0.2, -0.15) is 0 Å². The highest BCUT2D eigenvalue weighted by Gasteiger charge is 2.23. The van der Waals surface area contributed by atoms with Gasteiger partial charge in [-0.3, -0.25) is 9.13 Å². The van der Waals surface area contributed by atoms with Crippen LogP contribution in [0.25, 0.3) is 22.2 Å². The largest absolute Gasteiger partial charge is 0.493 e. The molecule has 29 heavy (non-hydrogen) atoms. The van der Waals surface area contributed by atoms with Gasteiger partial charge in [0.1, 0.15) is 5.52 Å². The Balaban J connectivity index is 1.52. The lowest BCUT2D eigenvalue weighted by Gasteiger charge is -2.08. The van der Waals surface area contributed by atoms with E-state index in [-0.39, 0.29) is 11.6 Å². The Morgan fingerprint density at radius 2 is 2.03 bits per heavy atom. The molecule has 7 nitrogen and oxygen atoms in total. The Hall–Kier alpha value is -2.87. The summed E-state index contributed by atoms with van der Waals surface area (Å²) in [6, 6.07) is 12.3. The summed E-state index contributed by atoms with van der Waals surface area (Å²) in [6.07, 6.45) is 3.98.